The largest absolute Gasteiger partial charge is 0.497 e. The number of ether oxygens (including phenoxy) is 2. The van der Waals surface area contributed by atoms with E-state index in [-0.39, 0.29) is 5.97 Å². The van der Waals surface area contributed by atoms with Crippen molar-refractivity contribution < 1.29 is 14.3 Å². The summed E-state index contributed by atoms with van der Waals surface area (Å²) >= 11 is 0. The molecule has 0 N–H and O–H groups in total. The molecule has 0 fully saturated rings. The van der Waals surface area contributed by atoms with E-state index in [9.17, 15) is 4.79 Å². The summed E-state index contributed by atoms with van der Waals surface area (Å²) in [5.41, 5.74) is 2.92. The Kier molecular flexibility index (Phi) is 5.99. The Morgan fingerprint density at radius 3 is 2.23 bits per heavy atom. The Hall–Kier alpha value is -3.14. The molecule has 0 bridgehead atoms. The molecule has 4 heteroatoms. The van der Waals surface area contributed by atoms with E-state index in [1.54, 1.807) is 19.5 Å². The van der Waals surface area contributed by atoms with Crippen molar-refractivity contribution in [3.05, 3.63) is 95.8 Å². The fraction of sp³-hybridized carbons (Fsp3) is 0.182. The van der Waals surface area contributed by atoms with Crippen molar-refractivity contribution in [1.29, 1.82) is 0 Å². The van der Waals surface area contributed by atoms with Gasteiger partial charge in [0, 0.05) is 24.4 Å². The van der Waals surface area contributed by atoms with Crippen LogP contribution in [0.1, 0.15) is 29.2 Å². The van der Waals surface area contributed by atoms with E-state index >= 15 is 0 Å². The smallest absolute Gasteiger partial charge is 0.307 e. The van der Waals surface area contributed by atoms with E-state index in [0.717, 1.165) is 22.4 Å². The molecule has 1 heterocycles. The highest BCUT2D eigenvalue weighted by atomic mass is 16.5. The lowest BCUT2D eigenvalue weighted by atomic mass is 10.0. The van der Waals surface area contributed by atoms with Crippen molar-refractivity contribution in [2.75, 3.05) is 7.11 Å². The molecule has 3 aromatic rings. The predicted octanol–water partition coefficient (Wildman–Crippen LogP) is 4.36. The number of benzene rings is 2. The Bertz CT molecular complexity index is 778. The molecule has 1 aromatic heterocycles. The first-order chi connectivity index (χ1) is 12.8. The second-order valence-corrected chi connectivity index (χ2v) is 5.91. The Labute approximate surface area is 153 Å². The zero-order valence-corrected chi connectivity index (χ0v) is 14.7. The van der Waals surface area contributed by atoms with E-state index in [0.29, 0.717) is 12.8 Å². The summed E-state index contributed by atoms with van der Waals surface area (Å²) in [6.07, 6.45) is 3.93. The minimum atomic E-state index is -0.428. The maximum absolute atomic E-state index is 12.4. The van der Waals surface area contributed by atoms with Crippen molar-refractivity contribution in [1.82, 2.24) is 4.98 Å². The lowest BCUT2D eigenvalue weighted by molar-refractivity contribution is -0.147. The molecule has 0 radical (unpaired) electrons. The molecule has 1 unspecified atom stereocenters. The van der Waals surface area contributed by atoms with Crippen LogP contribution in [0.25, 0.3) is 0 Å². The van der Waals surface area contributed by atoms with Gasteiger partial charge in [0.25, 0.3) is 0 Å². The van der Waals surface area contributed by atoms with Crippen molar-refractivity contribution in [2.45, 2.75) is 18.9 Å². The second kappa shape index (κ2) is 8.81. The summed E-state index contributed by atoms with van der Waals surface area (Å²) < 4.78 is 10.9. The summed E-state index contributed by atoms with van der Waals surface area (Å²) in [6.45, 7) is 0. The molecular weight excluding hydrogens is 326 g/mol. The zero-order valence-electron chi connectivity index (χ0n) is 14.7. The fourth-order valence-corrected chi connectivity index (χ4v) is 2.72. The molecule has 0 saturated carbocycles. The molecule has 4 nitrogen and oxygen atoms in total. The van der Waals surface area contributed by atoms with E-state index < -0.39 is 6.10 Å². The number of hydrogen-bond donors (Lipinski definition) is 0. The molecule has 132 valence electrons. The third-order valence-electron chi connectivity index (χ3n) is 4.14. The van der Waals surface area contributed by atoms with Crippen molar-refractivity contribution in [2.24, 2.45) is 0 Å². The van der Waals surface area contributed by atoms with Gasteiger partial charge in [-0.1, -0.05) is 42.5 Å². The number of rotatable bonds is 7. The average molecular weight is 347 g/mol. The first kappa shape index (κ1) is 17.7. The minimum Gasteiger partial charge on any atom is -0.497 e. The van der Waals surface area contributed by atoms with E-state index in [1.165, 1.54) is 0 Å². The molecule has 26 heavy (non-hydrogen) atoms. The monoisotopic (exact) mass is 347 g/mol. The van der Waals surface area contributed by atoms with Gasteiger partial charge in [-0.25, -0.2) is 0 Å². The average Bonchev–Trinajstić information content (AvgIpc) is 2.72. The van der Waals surface area contributed by atoms with Crippen LogP contribution >= 0.6 is 0 Å². The predicted molar refractivity (Wildman–Crippen MR) is 99.9 cm³/mol. The van der Waals surface area contributed by atoms with Crippen LogP contribution in [0.5, 0.6) is 5.75 Å². The first-order valence-electron chi connectivity index (χ1n) is 8.53. The number of nitrogens with zero attached hydrogens (tertiary/aromatic N) is 1. The molecule has 0 spiro atoms. The molecule has 0 aliphatic heterocycles. The lowest BCUT2D eigenvalue weighted by Crippen LogP contribution is -2.13. The van der Waals surface area contributed by atoms with Crippen molar-refractivity contribution in [3.8, 4) is 5.75 Å². The van der Waals surface area contributed by atoms with Gasteiger partial charge in [0.15, 0.2) is 6.10 Å². The summed E-state index contributed by atoms with van der Waals surface area (Å²) in [6, 6.07) is 21.2. The fourth-order valence-electron chi connectivity index (χ4n) is 2.72. The van der Waals surface area contributed by atoms with Crippen LogP contribution in [0.4, 0.5) is 0 Å². The molecule has 1 atom stereocenters. The Balaban J connectivity index is 1.67. The van der Waals surface area contributed by atoms with Gasteiger partial charge in [-0.05, 0) is 41.8 Å². The highest BCUT2D eigenvalue weighted by Gasteiger charge is 2.18. The van der Waals surface area contributed by atoms with Crippen LogP contribution in [0.3, 0.4) is 0 Å². The van der Waals surface area contributed by atoms with Gasteiger partial charge in [-0.15, -0.1) is 0 Å². The van der Waals surface area contributed by atoms with Crippen LogP contribution in [-0.4, -0.2) is 18.1 Å². The molecule has 3 rings (SSSR count). The molecular formula is C22H21NO3. The Morgan fingerprint density at radius 1 is 0.923 bits per heavy atom. The van der Waals surface area contributed by atoms with Gasteiger partial charge < -0.3 is 9.47 Å². The van der Waals surface area contributed by atoms with Gasteiger partial charge in [-0.3, -0.25) is 9.78 Å². The summed E-state index contributed by atoms with van der Waals surface area (Å²) in [5.74, 6) is 0.574. The van der Waals surface area contributed by atoms with Gasteiger partial charge >= 0.3 is 5.97 Å². The topological polar surface area (TPSA) is 48.4 Å². The molecule has 0 saturated heterocycles. The van der Waals surface area contributed by atoms with Gasteiger partial charge in [0.2, 0.25) is 0 Å². The quantitative estimate of drug-likeness (QED) is 0.596. The van der Waals surface area contributed by atoms with Crippen molar-refractivity contribution >= 4 is 5.97 Å². The van der Waals surface area contributed by atoms with Crippen molar-refractivity contribution in [3.63, 3.8) is 0 Å². The maximum atomic E-state index is 12.4. The highest BCUT2D eigenvalue weighted by molar-refractivity contribution is 5.70. The number of carbonyl (C=O) groups is 1. The van der Waals surface area contributed by atoms with Crippen LogP contribution in [0, 0.1) is 0 Å². The molecule has 0 aliphatic rings. The van der Waals surface area contributed by atoms with Crippen LogP contribution in [0.15, 0.2) is 79.1 Å². The SMILES string of the molecule is COc1ccc(CCC(=O)OC(c2ccccc2)c2ccncc2)cc1. The summed E-state index contributed by atoms with van der Waals surface area (Å²) in [5, 5.41) is 0. The van der Waals surface area contributed by atoms with Crippen LogP contribution in [-0.2, 0) is 16.0 Å². The number of hydrogen-bond acceptors (Lipinski definition) is 4. The standard InChI is InChI=1S/C22H21NO3/c1-25-20-10-7-17(8-11-20)9-12-21(24)26-22(18-5-3-2-4-6-18)19-13-15-23-16-14-19/h2-8,10-11,13-16,22H,9,12H2,1H3. The number of carbonyl (C=O) groups excluding carboxylic acids is 1. The second-order valence-electron chi connectivity index (χ2n) is 5.91. The maximum Gasteiger partial charge on any atom is 0.307 e. The van der Waals surface area contributed by atoms with E-state index in [4.69, 9.17) is 9.47 Å². The number of aromatic nitrogens is 1. The number of pyridine rings is 1. The number of esters is 1. The van der Waals surface area contributed by atoms with Gasteiger partial charge in [0.05, 0.1) is 7.11 Å². The zero-order chi connectivity index (χ0) is 18.2. The first-order valence-corrected chi connectivity index (χ1v) is 8.53. The van der Waals surface area contributed by atoms with E-state index in [2.05, 4.69) is 4.98 Å². The minimum absolute atomic E-state index is 0.230. The molecule has 0 amide bonds. The van der Waals surface area contributed by atoms with Gasteiger partial charge in [0.1, 0.15) is 5.75 Å². The lowest BCUT2D eigenvalue weighted by Gasteiger charge is -2.18. The molecule has 2 aromatic carbocycles. The van der Waals surface area contributed by atoms with Crippen LogP contribution < -0.4 is 4.74 Å². The summed E-state index contributed by atoms with van der Waals surface area (Å²) in [4.78, 5) is 16.5. The Morgan fingerprint density at radius 2 is 1.58 bits per heavy atom. The molecule has 0 aliphatic carbocycles. The summed E-state index contributed by atoms with van der Waals surface area (Å²) in [7, 11) is 1.63. The van der Waals surface area contributed by atoms with Gasteiger partial charge in [-0.2, -0.15) is 0 Å². The normalized spacial score (nSPS) is 11.6. The van der Waals surface area contributed by atoms with Crippen LogP contribution in [0.2, 0.25) is 0 Å². The number of methoxy groups -OCH3 is 1. The van der Waals surface area contributed by atoms with E-state index in [1.807, 2.05) is 66.7 Å². The third-order valence-corrected chi connectivity index (χ3v) is 4.14. The highest BCUT2D eigenvalue weighted by Crippen LogP contribution is 2.26. The third kappa shape index (κ3) is 4.70. The number of aryl methyl sites for hydroxylation is 1.